The van der Waals surface area contributed by atoms with E-state index in [1.165, 1.54) is 0 Å². The van der Waals surface area contributed by atoms with E-state index in [9.17, 15) is 14.4 Å². The monoisotopic (exact) mass is 411 g/mol. The number of likely N-dealkylation sites (tertiary alicyclic amines) is 2. The summed E-state index contributed by atoms with van der Waals surface area (Å²) in [6, 6.07) is 4.00. The van der Waals surface area contributed by atoms with Crippen molar-refractivity contribution in [2.45, 2.75) is 44.7 Å². The Kier molecular flexibility index (Phi) is 6.27. The fourth-order valence-corrected chi connectivity index (χ4v) is 4.26. The molecule has 6 nitrogen and oxygen atoms in total. The van der Waals surface area contributed by atoms with Crippen molar-refractivity contribution in [3.63, 3.8) is 0 Å². The summed E-state index contributed by atoms with van der Waals surface area (Å²) in [6.07, 6.45) is 2.82. The minimum atomic E-state index is -0.521. The average Bonchev–Trinajstić information content (AvgIpc) is 3.23. The van der Waals surface area contributed by atoms with E-state index in [0.717, 1.165) is 19.4 Å². The van der Waals surface area contributed by atoms with Crippen LogP contribution >= 0.6 is 23.2 Å². The van der Waals surface area contributed by atoms with Crippen molar-refractivity contribution < 1.29 is 14.4 Å². The summed E-state index contributed by atoms with van der Waals surface area (Å²) in [5.41, 5.74) is 0.378. The van der Waals surface area contributed by atoms with Gasteiger partial charge in [0, 0.05) is 47.7 Å². The number of halogens is 2. The number of hydrogen-bond donors (Lipinski definition) is 1. The number of rotatable bonds is 5. The molecule has 2 saturated heterocycles. The Labute approximate surface area is 168 Å². The second kappa shape index (κ2) is 8.48. The van der Waals surface area contributed by atoms with Gasteiger partial charge in [-0.2, -0.15) is 0 Å². The summed E-state index contributed by atoms with van der Waals surface area (Å²) in [6.45, 7) is 3.62. The van der Waals surface area contributed by atoms with Crippen molar-refractivity contribution in [2.24, 2.45) is 0 Å². The van der Waals surface area contributed by atoms with Crippen LogP contribution in [0.15, 0.2) is 18.2 Å². The molecule has 0 bridgehead atoms. The zero-order valence-corrected chi connectivity index (χ0v) is 16.7. The zero-order chi connectivity index (χ0) is 19.6. The molecule has 0 unspecified atom stereocenters. The summed E-state index contributed by atoms with van der Waals surface area (Å²) in [4.78, 5) is 40.7. The number of benzene rings is 1. The van der Waals surface area contributed by atoms with E-state index in [-0.39, 0.29) is 23.8 Å². The van der Waals surface area contributed by atoms with Crippen LogP contribution in [-0.4, -0.2) is 59.2 Å². The van der Waals surface area contributed by atoms with Crippen molar-refractivity contribution in [2.75, 3.05) is 19.6 Å². The summed E-state index contributed by atoms with van der Waals surface area (Å²) in [7, 11) is 0. The second-order valence-electron chi connectivity index (χ2n) is 7.17. The van der Waals surface area contributed by atoms with Crippen LogP contribution in [0.5, 0.6) is 0 Å². The van der Waals surface area contributed by atoms with Crippen LogP contribution in [0.2, 0.25) is 10.0 Å². The van der Waals surface area contributed by atoms with Crippen molar-refractivity contribution in [3.05, 3.63) is 33.8 Å². The smallest absolute Gasteiger partial charge is 0.254 e. The highest BCUT2D eigenvalue weighted by atomic mass is 35.5. The first-order valence-electron chi connectivity index (χ1n) is 9.20. The number of hydrogen-bond acceptors (Lipinski definition) is 3. The Bertz CT molecular complexity index is 735. The molecule has 0 saturated carbocycles. The van der Waals surface area contributed by atoms with Gasteiger partial charge in [-0.15, -0.1) is 0 Å². The number of nitrogens with zero attached hydrogens (tertiary/aromatic N) is 2. The van der Waals surface area contributed by atoms with Gasteiger partial charge in [-0.3, -0.25) is 14.4 Å². The minimum Gasteiger partial charge on any atom is -0.350 e. The molecule has 1 aromatic carbocycles. The van der Waals surface area contributed by atoms with Gasteiger partial charge in [-0.1, -0.05) is 23.2 Å². The third-order valence-electron chi connectivity index (χ3n) is 4.98. The van der Waals surface area contributed by atoms with Crippen LogP contribution < -0.4 is 5.32 Å². The first kappa shape index (κ1) is 20.0. The summed E-state index contributed by atoms with van der Waals surface area (Å²) in [5, 5.41) is 3.72. The Hall–Kier alpha value is -1.79. The molecule has 1 aromatic rings. The van der Waals surface area contributed by atoms with Gasteiger partial charge < -0.3 is 15.1 Å². The summed E-state index contributed by atoms with van der Waals surface area (Å²) < 4.78 is 0. The minimum absolute atomic E-state index is 0.131. The van der Waals surface area contributed by atoms with Crippen LogP contribution in [0.4, 0.5) is 0 Å². The standard InChI is InChI=1S/C19H23Cl2N3O3/c1-12(11-23-6-3-5-17(23)25)22-18(26)16-4-2-7-24(16)19(27)13-8-14(20)10-15(21)9-13/h8-10,12,16H,2-7,11H2,1H3,(H,22,26)/t12-,16+/m1/s1. The largest absolute Gasteiger partial charge is 0.350 e. The molecule has 3 rings (SSSR count). The van der Waals surface area contributed by atoms with Crippen LogP contribution in [0, 0.1) is 0 Å². The van der Waals surface area contributed by atoms with E-state index in [1.54, 1.807) is 28.0 Å². The van der Waals surface area contributed by atoms with Crippen LogP contribution in [0.1, 0.15) is 43.0 Å². The lowest BCUT2D eigenvalue weighted by Gasteiger charge is -2.27. The molecule has 0 radical (unpaired) electrons. The maximum Gasteiger partial charge on any atom is 0.254 e. The van der Waals surface area contributed by atoms with Crippen molar-refractivity contribution in [1.82, 2.24) is 15.1 Å². The van der Waals surface area contributed by atoms with Crippen LogP contribution in [0.25, 0.3) is 0 Å². The molecule has 2 aliphatic rings. The average molecular weight is 412 g/mol. The Morgan fingerprint density at radius 2 is 1.89 bits per heavy atom. The van der Waals surface area contributed by atoms with Gasteiger partial charge in [0.05, 0.1) is 0 Å². The molecule has 3 amide bonds. The molecule has 0 spiro atoms. The molecule has 2 atom stereocenters. The van der Waals surface area contributed by atoms with E-state index in [1.807, 2.05) is 6.92 Å². The predicted octanol–water partition coefficient (Wildman–Crippen LogP) is 2.73. The van der Waals surface area contributed by atoms with Crippen molar-refractivity contribution in [1.29, 1.82) is 0 Å². The van der Waals surface area contributed by atoms with E-state index < -0.39 is 6.04 Å². The molecule has 2 heterocycles. The topological polar surface area (TPSA) is 69.7 Å². The van der Waals surface area contributed by atoms with Gasteiger partial charge in [-0.05, 0) is 44.4 Å². The highest BCUT2D eigenvalue weighted by molar-refractivity contribution is 6.35. The lowest BCUT2D eigenvalue weighted by Crippen LogP contribution is -2.50. The van der Waals surface area contributed by atoms with Gasteiger partial charge in [0.2, 0.25) is 11.8 Å². The molecule has 27 heavy (non-hydrogen) atoms. The number of carbonyl (C=O) groups is 3. The maximum absolute atomic E-state index is 12.8. The van der Waals surface area contributed by atoms with E-state index in [0.29, 0.717) is 41.5 Å². The van der Waals surface area contributed by atoms with Crippen molar-refractivity contribution >= 4 is 40.9 Å². The maximum atomic E-state index is 12.8. The highest BCUT2D eigenvalue weighted by Crippen LogP contribution is 2.24. The number of carbonyl (C=O) groups excluding carboxylic acids is 3. The fraction of sp³-hybridized carbons (Fsp3) is 0.526. The first-order chi connectivity index (χ1) is 12.8. The van der Waals surface area contributed by atoms with E-state index in [2.05, 4.69) is 5.32 Å². The Balaban J connectivity index is 1.63. The Morgan fingerprint density at radius 1 is 1.19 bits per heavy atom. The van der Waals surface area contributed by atoms with Gasteiger partial charge in [0.1, 0.15) is 6.04 Å². The third-order valence-corrected chi connectivity index (χ3v) is 5.42. The number of nitrogens with one attached hydrogen (secondary N) is 1. The zero-order valence-electron chi connectivity index (χ0n) is 15.2. The molecule has 146 valence electrons. The number of amides is 3. The molecule has 1 N–H and O–H groups in total. The van der Waals surface area contributed by atoms with Gasteiger partial charge >= 0.3 is 0 Å². The molecule has 0 aromatic heterocycles. The normalized spacial score (nSPS) is 20.9. The molecular weight excluding hydrogens is 389 g/mol. The summed E-state index contributed by atoms with van der Waals surface area (Å²) in [5.74, 6) is -0.306. The second-order valence-corrected chi connectivity index (χ2v) is 8.04. The van der Waals surface area contributed by atoms with Gasteiger partial charge in [0.25, 0.3) is 5.91 Å². The van der Waals surface area contributed by atoms with Gasteiger partial charge in [-0.25, -0.2) is 0 Å². The van der Waals surface area contributed by atoms with Crippen LogP contribution in [0.3, 0.4) is 0 Å². The third kappa shape index (κ3) is 4.74. The van der Waals surface area contributed by atoms with Crippen molar-refractivity contribution in [3.8, 4) is 0 Å². The Morgan fingerprint density at radius 3 is 2.52 bits per heavy atom. The molecule has 8 heteroatoms. The van der Waals surface area contributed by atoms with Gasteiger partial charge in [0.15, 0.2) is 0 Å². The quantitative estimate of drug-likeness (QED) is 0.809. The van der Waals surface area contributed by atoms with Crippen LogP contribution in [-0.2, 0) is 9.59 Å². The SMILES string of the molecule is C[C@H](CN1CCCC1=O)NC(=O)[C@@H]1CCCN1C(=O)c1cc(Cl)cc(Cl)c1. The fourth-order valence-electron chi connectivity index (χ4n) is 3.74. The molecular formula is C19H23Cl2N3O3. The highest BCUT2D eigenvalue weighted by Gasteiger charge is 2.35. The van der Waals surface area contributed by atoms with E-state index in [4.69, 9.17) is 23.2 Å². The molecule has 2 fully saturated rings. The predicted molar refractivity (Wildman–Crippen MR) is 104 cm³/mol. The first-order valence-corrected chi connectivity index (χ1v) is 9.96. The lowest BCUT2D eigenvalue weighted by molar-refractivity contribution is -0.129. The molecule has 0 aliphatic carbocycles. The lowest BCUT2D eigenvalue weighted by atomic mass is 10.1. The van der Waals surface area contributed by atoms with E-state index >= 15 is 0 Å². The molecule has 2 aliphatic heterocycles. The summed E-state index contributed by atoms with van der Waals surface area (Å²) >= 11 is 12.0.